The lowest BCUT2D eigenvalue weighted by atomic mass is 9.99. The summed E-state index contributed by atoms with van der Waals surface area (Å²) in [6.45, 7) is 0. The predicted molar refractivity (Wildman–Crippen MR) is 177 cm³/mol. The molecule has 0 saturated carbocycles. The molecule has 0 saturated heterocycles. The molecule has 0 aliphatic heterocycles. The molecule has 0 amide bonds. The molecule has 1 heterocycles. The van der Waals surface area contributed by atoms with Crippen molar-refractivity contribution in [3.63, 3.8) is 0 Å². The lowest BCUT2D eigenvalue weighted by molar-refractivity contribution is 0.669. The van der Waals surface area contributed by atoms with E-state index in [0.717, 1.165) is 44.4 Å². The maximum atomic E-state index is 6.20. The van der Waals surface area contributed by atoms with E-state index in [0.29, 0.717) is 0 Å². The van der Waals surface area contributed by atoms with Gasteiger partial charge in [-0.2, -0.15) is 0 Å². The molecule has 2 heteroatoms. The van der Waals surface area contributed by atoms with Gasteiger partial charge < -0.3 is 9.32 Å². The third-order valence-corrected chi connectivity index (χ3v) is 8.06. The molecule has 0 bridgehead atoms. The van der Waals surface area contributed by atoms with Crippen LogP contribution in [0.2, 0.25) is 0 Å². The first-order chi connectivity index (χ1) is 20.8. The van der Waals surface area contributed by atoms with Crippen molar-refractivity contribution < 1.29 is 4.42 Å². The van der Waals surface area contributed by atoms with Crippen LogP contribution in [0.25, 0.3) is 55.0 Å². The highest BCUT2D eigenvalue weighted by Crippen LogP contribution is 2.42. The molecular weight excluding hydrogens is 510 g/mol. The molecule has 0 aliphatic carbocycles. The van der Waals surface area contributed by atoms with E-state index in [-0.39, 0.29) is 0 Å². The molecule has 8 aromatic rings. The minimum absolute atomic E-state index is 0.912. The third-order valence-electron chi connectivity index (χ3n) is 8.06. The van der Waals surface area contributed by atoms with Gasteiger partial charge in [0.15, 0.2) is 0 Å². The number of furan rings is 1. The van der Waals surface area contributed by atoms with Gasteiger partial charge in [0.2, 0.25) is 0 Å². The van der Waals surface area contributed by atoms with Gasteiger partial charge in [-0.25, -0.2) is 0 Å². The van der Waals surface area contributed by atoms with Crippen molar-refractivity contribution in [2.24, 2.45) is 0 Å². The van der Waals surface area contributed by atoms with Crippen LogP contribution >= 0.6 is 0 Å². The minimum atomic E-state index is 0.912. The summed E-state index contributed by atoms with van der Waals surface area (Å²) in [4.78, 5) is 2.35. The monoisotopic (exact) mass is 537 g/mol. The quantitative estimate of drug-likeness (QED) is 0.217. The first-order valence-corrected chi connectivity index (χ1v) is 14.3. The van der Waals surface area contributed by atoms with Crippen LogP contribution in [0, 0.1) is 0 Å². The van der Waals surface area contributed by atoms with E-state index in [2.05, 4.69) is 157 Å². The highest BCUT2D eigenvalue weighted by atomic mass is 16.3. The number of rotatable bonds is 5. The van der Waals surface area contributed by atoms with Crippen molar-refractivity contribution in [2.45, 2.75) is 0 Å². The fourth-order valence-corrected chi connectivity index (χ4v) is 5.97. The molecule has 0 spiro atoms. The lowest BCUT2D eigenvalue weighted by Gasteiger charge is -2.27. The molecule has 7 aromatic carbocycles. The van der Waals surface area contributed by atoms with E-state index in [4.69, 9.17) is 4.42 Å². The summed E-state index contributed by atoms with van der Waals surface area (Å²) in [5, 5.41) is 4.60. The van der Waals surface area contributed by atoms with Gasteiger partial charge in [-0.1, -0.05) is 115 Å². The van der Waals surface area contributed by atoms with Crippen LogP contribution in [0.4, 0.5) is 17.1 Å². The number of fused-ring (bicyclic) bond motifs is 4. The number of hydrogen-bond donors (Lipinski definition) is 0. The van der Waals surface area contributed by atoms with E-state index in [1.165, 1.54) is 27.6 Å². The fraction of sp³-hybridized carbons (Fsp3) is 0. The Balaban J connectivity index is 1.23. The lowest BCUT2D eigenvalue weighted by Crippen LogP contribution is -2.10. The van der Waals surface area contributed by atoms with Gasteiger partial charge in [-0.05, 0) is 76.2 Å². The third kappa shape index (κ3) is 4.22. The van der Waals surface area contributed by atoms with Gasteiger partial charge in [0.05, 0.1) is 5.69 Å². The summed E-state index contributed by atoms with van der Waals surface area (Å²) in [7, 11) is 0. The first-order valence-electron chi connectivity index (χ1n) is 14.3. The Hall–Kier alpha value is -5.60. The van der Waals surface area contributed by atoms with Crippen LogP contribution in [-0.2, 0) is 0 Å². The van der Waals surface area contributed by atoms with E-state index in [9.17, 15) is 0 Å². The highest BCUT2D eigenvalue weighted by molar-refractivity contribution is 6.13. The van der Waals surface area contributed by atoms with Crippen molar-refractivity contribution in [1.82, 2.24) is 0 Å². The average Bonchev–Trinajstić information content (AvgIpc) is 3.43. The van der Waals surface area contributed by atoms with Crippen LogP contribution in [0.1, 0.15) is 0 Å². The van der Waals surface area contributed by atoms with Crippen LogP contribution in [0.5, 0.6) is 0 Å². The van der Waals surface area contributed by atoms with Gasteiger partial charge in [0.1, 0.15) is 11.2 Å². The van der Waals surface area contributed by atoms with Gasteiger partial charge in [0, 0.05) is 27.5 Å². The van der Waals surface area contributed by atoms with Crippen LogP contribution in [0.15, 0.2) is 168 Å². The van der Waals surface area contributed by atoms with Crippen molar-refractivity contribution in [2.75, 3.05) is 4.90 Å². The van der Waals surface area contributed by atoms with Crippen molar-refractivity contribution >= 4 is 49.8 Å². The van der Waals surface area contributed by atoms with Gasteiger partial charge in [-0.15, -0.1) is 0 Å². The number of para-hydroxylation sites is 2. The summed E-state index contributed by atoms with van der Waals surface area (Å²) in [5.41, 5.74) is 10.0. The maximum absolute atomic E-state index is 6.20. The largest absolute Gasteiger partial charge is 0.456 e. The Morgan fingerprint density at radius 3 is 1.64 bits per heavy atom. The van der Waals surface area contributed by atoms with Crippen molar-refractivity contribution in [1.29, 1.82) is 0 Å². The van der Waals surface area contributed by atoms with Crippen LogP contribution < -0.4 is 4.90 Å². The molecule has 0 N–H and O–H groups in total. The summed E-state index contributed by atoms with van der Waals surface area (Å²) in [6.07, 6.45) is 0. The van der Waals surface area contributed by atoms with Gasteiger partial charge in [0.25, 0.3) is 0 Å². The number of hydrogen-bond acceptors (Lipinski definition) is 2. The maximum Gasteiger partial charge on any atom is 0.136 e. The van der Waals surface area contributed by atoms with Crippen molar-refractivity contribution in [3.8, 4) is 22.3 Å². The molecule has 0 aliphatic rings. The molecule has 8 rings (SSSR count). The molecule has 0 radical (unpaired) electrons. The Labute approximate surface area is 244 Å². The highest BCUT2D eigenvalue weighted by Gasteiger charge is 2.17. The normalized spacial score (nSPS) is 11.3. The average molecular weight is 538 g/mol. The van der Waals surface area contributed by atoms with E-state index >= 15 is 0 Å². The summed E-state index contributed by atoms with van der Waals surface area (Å²) >= 11 is 0. The first kappa shape index (κ1) is 24.2. The van der Waals surface area contributed by atoms with Crippen molar-refractivity contribution in [3.05, 3.63) is 164 Å². The van der Waals surface area contributed by atoms with E-state index in [1.807, 2.05) is 12.1 Å². The fourth-order valence-electron chi connectivity index (χ4n) is 5.97. The second-order valence-electron chi connectivity index (χ2n) is 10.6. The Morgan fingerprint density at radius 2 is 0.929 bits per heavy atom. The zero-order chi connectivity index (χ0) is 27.9. The number of anilines is 3. The smallest absolute Gasteiger partial charge is 0.136 e. The standard InChI is InChI=1S/C40H27NO/c1-3-10-28(11-4-1)29-18-20-30(21-19-29)31-22-24-34(25-23-31)41(33-13-5-2-6-14-33)38-16-9-12-32-26-40-37(27-36(32)38)35-15-7-8-17-39(35)42-40/h1-27H. The zero-order valence-corrected chi connectivity index (χ0v) is 22.9. The van der Waals surface area contributed by atoms with Crippen LogP contribution in [0.3, 0.4) is 0 Å². The molecular formula is C40H27NO. The SMILES string of the molecule is c1ccc(-c2ccc(-c3ccc(N(c4ccccc4)c4cccc5cc6oc7ccccc7c6cc45)cc3)cc2)cc1. The molecule has 0 fully saturated rings. The summed E-state index contributed by atoms with van der Waals surface area (Å²) in [5.74, 6) is 0. The Morgan fingerprint density at radius 1 is 0.357 bits per heavy atom. The molecule has 2 nitrogen and oxygen atoms in total. The number of nitrogens with zero attached hydrogens (tertiary/aromatic N) is 1. The van der Waals surface area contributed by atoms with E-state index in [1.54, 1.807) is 0 Å². The Kier molecular flexibility index (Phi) is 5.82. The van der Waals surface area contributed by atoms with E-state index < -0.39 is 0 Å². The van der Waals surface area contributed by atoms with Crippen LogP contribution in [-0.4, -0.2) is 0 Å². The molecule has 198 valence electrons. The summed E-state index contributed by atoms with van der Waals surface area (Å²) in [6, 6.07) is 58.0. The Bertz CT molecular complexity index is 2160. The minimum Gasteiger partial charge on any atom is -0.456 e. The molecule has 42 heavy (non-hydrogen) atoms. The molecule has 0 unspecified atom stereocenters. The summed E-state index contributed by atoms with van der Waals surface area (Å²) < 4.78 is 6.20. The zero-order valence-electron chi connectivity index (χ0n) is 22.9. The second kappa shape index (κ2) is 10.1. The molecule has 1 aromatic heterocycles. The number of benzene rings is 7. The topological polar surface area (TPSA) is 16.4 Å². The van der Waals surface area contributed by atoms with Gasteiger partial charge in [-0.3, -0.25) is 0 Å². The molecule has 0 atom stereocenters. The van der Waals surface area contributed by atoms with Gasteiger partial charge >= 0.3 is 0 Å². The second-order valence-corrected chi connectivity index (χ2v) is 10.6. The predicted octanol–water partition coefficient (Wildman–Crippen LogP) is 11.5.